The minimum atomic E-state index is -0.533. The van der Waals surface area contributed by atoms with Crippen molar-refractivity contribution in [3.63, 3.8) is 0 Å². The minimum absolute atomic E-state index is 0.201. The van der Waals surface area contributed by atoms with E-state index in [2.05, 4.69) is 20.7 Å². The van der Waals surface area contributed by atoms with Gasteiger partial charge >= 0.3 is 0 Å². The molecule has 2 amide bonds. The number of aromatic nitrogens is 1. The SMILES string of the molecule is COc1cc(OC)cc(C(=O)NNC(=O)c2nc3c(OC)ccc(N4CCOCC4)c3s2)c1. The Bertz CT molecular complexity index is 1150. The number of ether oxygens (including phenoxy) is 4. The van der Waals surface area contributed by atoms with Gasteiger partial charge in [0.05, 0.1) is 44.9 Å². The van der Waals surface area contributed by atoms with Crippen molar-refractivity contribution in [3.05, 3.63) is 40.9 Å². The number of nitrogens with zero attached hydrogens (tertiary/aromatic N) is 2. The van der Waals surface area contributed by atoms with Gasteiger partial charge in [-0.25, -0.2) is 4.98 Å². The third-order valence-corrected chi connectivity index (χ3v) is 6.23. The maximum atomic E-state index is 12.8. The Hall–Kier alpha value is -3.57. The maximum Gasteiger partial charge on any atom is 0.298 e. The number of carbonyl (C=O) groups excluding carboxylic acids is 2. The number of anilines is 1. The molecule has 0 unspecified atom stereocenters. The van der Waals surface area contributed by atoms with Crippen LogP contribution in [0.1, 0.15) is 20.2 Å². The third kappa shape index (κ3) is 4.78. The number of hydrogen-bond donors (Lipinski definition) is 2. The van der Waals surface area contributed by atoms with Crippen LogP contribution in [0.2, 0.25) is 0 Å². The highest BCUT2D eigenvalue weighted by atomic mass is 32.1. The number of fused-ring (bicyclic) bond motifs is 1. The van der Waals surface area contributed by atoms with E-state index in [4.69, 9.17) is 18.9 Å². The van der Waals surface area contributed by atoms with E-state index in [0.29, 0.717) is 36.0 Å². The smallest absolute Gasteiger partial charge is 0.298 e. The summed E-state index contributed by atoms with van der Waals surface area (Å²) in [6.45, 7) is 2.78. The lowest BCUT2D eigenvalue weighted by molar-refractivity contribution is 0.0846. The van der Waals surface area contributed by atoms with E-state index >= 15 is 0 Å². The van der Waals surface area contributed by atoms with E-state index in [-0.39, 0.29) is 10.6 Å². The maximum absolute atomic E-state index is 12.8. The van der Waals surface area contributed by atoms with Crippen molar-refractivity contribution in [2.75, 3.05) is 52.5 Å². The molecule has 0 aliphatic carbocycles. The zero-order valence-corrected chi connectivity index (χ0v) is 19.3. The monoisotopic (exact) mass is 472 g/mol. The number of amides is 2. The number of morpholine rings is 1. The molecular weight excluding hydrogens is 448 g/mol. The summed E-state index contributed by atoms with van der Waals surface area (Å²) >= 11 is 1.24. The minimum Gasteiger partial charge on any atom is -0.497 e. The zero-order chi connectivity index (χ0) is 23.4. The van der Waals surface area contributed by atoms with Gasteiger partial charge in [-0.2, -0.15) is 0 Å². The highest BCUT2D eigenvalue weighted by Gasteiger charge is 2.22. The van der Waals surface area contributed by atoms with Gasteiger partial charge in [0, 0.05) is 24.7 Å². The largest absolute Gasteiger partial charge is 0.497 e. The summed E-state index contributed by atoms with van der Waals surface area (Å²) in [5, 5.41) is 0.201. The molecule has 174 valence electrons. The van der Waals surface area contributed by atoms with Crippen LogP contribution < -0.4 is 30.0 Å². The second kappa shape index (κ2) is 9.92. The first-order chi connectivity index (χ1) is 16.0. The van der Waals surface area contributed by atoms with Crippen LogP contribution in [-0.2, 0) is 4.74 Å². The molecule has 1 saturated heterocycles. The third-order valence-electron chi connectivity index (χ3n) is 5.15. The van der Waals surface area contributed by atoms with Crippen LogP contribution in [0.25, 0.3) is 10.2 Å². The molecule has 1 aliphatic heterocycles. The number of methoxy groups -OCH3 is 3. The van der Waals surface area contributed by atoms with Gasteiger partial charge in [-0.1, -0.05) is 0 Å². The predicted molar refractivity (Wildman–Crippen MR) is 124 cm³/mol. The van der Waals surface area contributed by atoms with Gasteiger partial charge < -0.3 is 23.8 Å². The second-order valence-electron chi connectivity index (χ2n) is 7.09. The molecule has 1 fully saturated rings. The number of carbonyl (C=O) groups is 2. The van der Waals surface area contributed by atoms with Gasteiger partial charge in [-0.05, 0) is 24.3 Å². The van der Waals surface area contributed by atoms with E-state index in [9.17, 15) is 9.59 Å². The lowest BCUT2D eigenvalue weighted by atomic mass is 10.2. The molecule has 1 aromatic heterocycles. The molecule has 1 aliphatic rings. The number of benzene rings is 2. The van der Waals surface area contributed by atoms with Crippen molar-refractivity contribution in [2.45, 2.75) is 0 Å². The van der Waals surface area contributed by atoms with Crippen LogP contribution in [0.3, 0.4) is 0 Å². The Morgan fingerprint density at radius 3 is 2.27 bits per heavy atom. The van der Waals surface area contributed by atoms with Crippen LogP contribution >= 0.6 is 11.3 Å². The van der Waals surface area contributed by atoms with Crippen molar-refractivity contribution in [2.24, 2.45) is 0 Å². The molecule has 11 heteroatoms. The van der Waals surface area contributed by atoms with Crippen molar-refractivity contribution in [1.29, 1.82) is 0 Å². The zero-order valence-electron chi connectivity index (χ0n) is 18.5. The fraction of sp³-hybridized carbons (Fsp3) is 0.318. The lowest BCUT2D eigenvalue weighted by Gasteiger charge is -2.29. The summed E-state index contributed by atoms with van der Waals surface area (Å²) in [7, 11) is 4.54. The van der Waals surface area contributed by atoms with Crippen molar-refractivity contribution in [3.8, 4) is 17.2 Å². The number of thiazole rings is 1. The molecule has 4 rings (SSSR count). The molecule has 2 N–H and O–H groups in total. The molecule has 2 aromatic carbocycles. The molecule has 0 saturated carbocycles. The average Bonchev–Trinajstić information content (AvgIpc) is 3.32. The molecule has 3 aromatic rings. The first kappa shape index (κ1) is 22.6. The summed E-state index contributed by atoms with van der Waals surface area (Å²) in [6.07, 6.45) is 0. The van der Waals surface area contributed by atoms with Crippen LogP contribution in [0.15, 0.2) is 30.3 Å². The lowest BCUT2D eigenvalue weighted by Crippen LogP contribution is -2.41. The number of hydrazine groups is 1. The Kier molecular flexibility index (Phi) is 6.80. The van der Waals surface area contributed by atoms with Crippen molar-refractivity contribution >= 4 is 39.1 Å². The van der Waals surface area contributed by atoms with Crippen LogP contribution in [-0.4, -0.2) is 64.4 Å². The summed E-state index contributed by atoms with van der Waals surface area (Å²) in [4.78, 5) is 32.0. The summed E-state index contributed by atoms with van der Waals surface area (Å²) in [6, 6.07) is 8.54. The van der Waals surface area contributed by atoms with Crippen molar-refractivity contribution in [1.82, 2.24) is 15.8 Å². The quantitative estimate of drug-likeness (QED) is 0.526. The topological polar surface area (TPSA) is 111 Å². The van der Waals surface area contributed by atoms with E-state index in [0.717, 1.165) is 23.5 Å². The Morgan fingerprint density at radius 2 is 1.64 bits per heavy atom. The van der Waals surface area contributed by atoms with Crippen LogP contribution in [0.5, 0.6) is 17.2 Å². The molecule has 2 heterocycles. The van der Waals surface area contributed by atoms with Crippen LogP contribution in [0.4, 0.5) is 5.69 Å². The first-order valence-electron chi connectivity index (χ1n) is 10.2. The van der Waals surface area contributed by atoms with E-state index in [1.807, 2.05) is 12.1 Å². The highest BCUT2D eigenvalue weighted by Crippen LogP contribution is 2.37. The predicted octanol–water partition coefficient (Wildman–Crippen LogP) is 2.23. The average molecular weight is 473 g/mol. The fourth-order valence-electron chi connectivity index (χ4n) is 3.46. The standard InChI is InChI=1S/C22H24N4O6S/c1-29-14-10-13(11-15(12-14)30-2)20(27)24-25-21(28)22-23-18-17(31-3)5-4-16(19(18)33-22)26-6-8-32-9-7-26/h4-5,10-12H,6-9H2,1-3H3,(H,24,27)(H,25,28). The first-order valence-corrected chi connectivity index (χ1v) is 11.0. The molecule has 0 bridgehead atoms. The summed E-state index contributed by atoms with van der Waals surface area (Å²) in [5.74, 6) is 0.437. The van der Waals surface area contributed by atoms with Gasteiger partial charge in [-0.15, -0.1) is 11.3 Å². The van der Waals surface area contributed by atoms with Crippen LogP contribution in [0, 0.1) is 0 Å². The van der Waals surface area contributed by atoms with E-state index in [1.165, 1.54) is 25.6 Å². The van der Waals surface area contributed by atoms with E-state index < -0.39 is 11.8 Å². The molecular formula is C22H24N4O6S. The Labute approximate surface area is 194 Å². The second-order valence-corrected chi connectivity index (χ2v) is 8.09. The fourth-order valence-corrected chi connectivity index (χ4v) is 4.48. The van der Waals surface area contributed by atoms with Gasteiger partial charge in [-0.3, -0.25) is 20.4 Å². The van der Waals surface area contributed by atoms with Crippen molar-refractivity contribution < 1.29 is 28.5 Å². The molecule has 0 radical (unpaired) electrons. The van der Waals surface area contributed by atoms with Gasteiger partial charge in [0.15, 0.2) is 5.01 Å². The number of rotatable bonds is 6. The Morgan fingerprint density at radius 1 is 0.970 bits per heavy atom. The normalized spacial score (nSPS) is 13.5. The number of hydrogen-bond acceptors (Lipinski definition) is 9. The van der Waals surface area contributed by atoms with Gasteiger partial charge in [0.25, 0.3) is 11.8 Å². The number of nitrogens with one attached hydrogen (secondary N) is 2. The molecule has 33 heavy (non-hydrogen) atoms. The van der Waals surface area contributed by atoms with Gasteiger partial charge in [0.1, 0.15) is 22.8 Å². The molecule has 0 spiro atoms. The summed E-state index contributed by atoms with van der Waals surface area (Å²) < 4.78 is 22.1. The molecule has 10 nitrogen and oxygen atoms in total. The summed E-state index contributed by atoms with van der Waals surface area (Å²) in [5.41, 5.74) is 6.67. The molecule has 0 atom stereocenters. The van der Waals surface area contributed by atoms with Gasteiger partial charge in [0.2, 0.25) is 0 Å². The highest BCUT2D eigenvalue weighted by molar-refractivity contribution is 7.21. The Balaban J connectivity index is 1.54. The van der Waals surface area contributed by atoms with E-state index in [1.54, 1.807) is 25.3 Å².